The fourth-order valence-electron chi connectivity index (χ4n) is 3.56. The van der Waals surface area contributed by atoms with Gasteiger partial charge in [-0.05, 0) is 24.3 Å². The predicted molar refractivity (Wildman–Crippen MR) is 113 cm³/mol. The second-order valence-electron chi connectivity index (χ2n) is 7.62. The minimum absolute atomic E-state index is 0.0365. The van der Waals surface area contributed by atoms with Crippen LogP contribution in [0.15, 0.2) is 35.5 Å². The summed E-state index contributed by atoms with van der Waals surface area (Å²) in [6.07, 6.45) is 5.02. The van der Waals surface area contributed by atoms with E-state index in [9.17, 15) is 9.59 Å². The molecule has 3 rings (SSSR count). The lowest BCUT2D eigenvalue weighted by Gasteiger charge is -2.29. The zero-order chi connectivity index (χ0) is 20.6. The van der Waals surface area contributed by atoms with Crippen molar-refractivity contribution >= 4 is 23.6 Å². The third-order valence-corrected chi connectivity index (χ3v) is 6.39. The first-order valence-electron chi connectivity index (χ1n) is 10.1. The number of carbonyl (C=O) groups is 2. The number of hydrogen-bond donors (Lipinski definition) is 2. The van der Waals surface area contributed by atoms with Gasteiger partial charge in [-0.1, -0.05) is 61.9 Å². The number of benzene rings is 1. The lowest BCUT2D eigenvalue weighted by Crippen LogP contribution is -2.41. The van der Waals surface area contributed by atoms with Gasteiger partial charge in [0.1, 0.15) is 0 Å². The van der Waals surface area contributed by atoms with Crippen LogP contribution in [0.2, 0.25) is 0 Å². The molecular formula is C21H29N5O2S. The molecule has 1 heterocycles. The molecule has 0 saturated heterocycles. The van der Waals surface area contributed by atoms with Crippen molar-refractivity contribution in [1.82, 2.24) is 25.4 Å². The highest BCUT2D eigenvalue weighted by molar-refractivity contribution is 7.99. The van der Waals surface area contributed by atoms with Crippen molar-refractivity contribution in [2.45, 2.75) is 56.8 Å². The molecule has 1 aliphatic carbocycles. The Bertz CT molecular complexity index is 824. The molecule has 2 atom stereocenters. The summed E-state index contributed by atoms with van der Waals surface area (Å²) >= 11 is 1.37. The van der Waals surface area contributed by atoms with Crippen molar-refractivity contribution in [2.24, 2.45) is 13.0 Å². The molecule has 2 aromatic rings. The summed E-state index contributed by atoms with van der Waals surface area (Å²) in [5, 5.41) is 15.0. The molecule has 0 bridgehead atoms. The maximum Gasteiger partial charge on any atom is 0.230 e. The van der Waals surface area contributed by atoms with Gasteiger partial charge in [0.15, 0.2) is 11.0 Å². The van der Waals surface area contributed by atoms with Gasteiger partial charge < -0.3 is 15.2 Å². The van der Waals surface area contributed by atoms with E-state index in [2.05, 4.69) is 27.8 Å². The average Bonchev–Trinajstić information content (AvgIpc) is 3.07. The molecule has 8 heteroatoms. The van der Waals surface area contributed by atoms with Crippen LogP contribution in [0.5, 0.6) is 0 Å². The minimum atomic E-state index is -0.0608. The Labute approximate surface area is 176 Å². The number of rotatable bonds is 8. The van der Waals surface area contributed by atoms with Crippen LogP contribution in [0.3, 0.4) is 0 Å². The predicted octanol–water partition coefficient (Wildman–Crippen LogP) is 2.46. The number of aromatic nitrogens is 3. The fourth-order valence-corrected chi connectivity index (χ4v) is 4.30. The van der Waals surface area contributed by atoms with Gasteiger partial charge >= 0.3 is 0 Å². The van der Waals surface area contributed by atoms with E-state index in [0.717, 1.165) is 12.0 Å². The van der Waals surface area contributed by atoms with Crippen LogP contribution in [-0.2, 0) is 29.6 Å². The largest absolute Gasteiger partial charge is 0.352 e. The average molecular weight is 416 g/mol. The highest BCUT2D eigenvalue weighted by Crippen LogP contribution is 2.24. The maximum atomic E-state index is 12.3. The Morgan fingerprint density at radius 2 is 1.90 bits per heavy atom. The van der Waals surface area contributed by atoms with Crippen LogP contribution in [0.4, 0.5) is 0 Å². The number of nitrogens with one attached hydrogen (secondary N) is 2. The first-order valence-corrected chi connectivity index (χ1v) is 11.1. The van der Waals surface area contributed by atoms with Gasteiger partial charge in [-0.2, -0.15) is 0 Å². The molecule has 1 aliphatic rings. The third kappa shape index (κ3) is 6.32. The summed E-state index contributed by atoms with van der Waals surface area (Å²) in [7, 11) is 1.85. The van der Waals surface area contributed by atoms with Crippen molar-refractivity contribution in [3.05, 3.63) is 41.7 Å². The number of thioether (sulfide) groups is 1. The van der Waals surface area contributed by atoms with Gasteiger partial charge in [-0.25, -0.2) is 0 Å². The lowest BCUT2D eigenvalue weighted by molar-refractivity contribution is -0.121. The van der Waals surface area contributed by atoms with Crippen LogP contribution < -0.4 is 10.6 Å². The zero-order valence-electron chi connectivity index (χ0n) is 17.1. The van der Waals surface area contributed by atoms with Gasteiger partial charge in [0.2, 0.25) is 11.8 Å². The number of hydrogen-bond acceptors (Lipinski definition) is 5. The Hall–Kier alpha value is -2.35. The zero-order valence-corrected chi connectivity index (χ0v) is 17.9. The van der Waals surface area contributed by atoms with Gasteiger partial charge in [0.25, 0.3) is 0 Å². The SMILES string of the molecule is C[C@H]1CCCC[C@@H]1NC(=O)CSc1nnc(CNC(=O)Cc2ccccc2)n1C. The van der Waals surface area contributed by atoms with Gasteiger partial charge in [-0.3, -0.25) is 9.59 Å². The molecule has 0 spiro atoms. The van der Waals surface area contributed by atoms with E-state index in [4.69, 9.17) is 0 Å². The fraction of sp³-hybridized carbons (Fsp3) is 0.524. The second kappa shape index (κ2) is 10.4. The summed E-state index contributed by atoms with van der Waals surface area (Å²) < 4.78 is 1.82. The summed E-state index contributed by atoms with van der Waals surface area (Å²) in [5.41, 5.74) is 0.970. The quantitative estimate of drug-likeness (QED) is 0.647. The number of carbonyl (C=O) groups excluding carboxylic acids is 2. The molecule has 29 heavy (non-hydrogen) atoms. The van der Waals surface area contributed by atoms with E-state index in [-0.39, 0.29) is 17.9 Å². The Balaban J connectivity index is 1.44. The molecule has 1 aromatic heterocycles. The molecule has 0 aliphatic heterocycles. The van der Waals surface area contributed by atoms with Crippen LogP contribution in [-0.4, -0.2) is 38.4 Å². The molecule has 2 N–H and O–H groups in total. The van der Waals surface area contributed by atoms with Crippen LogP contribution in [0.1, 0.15) is 44.0 Å². The van der Waals surface area contributed by atoms with E-state index in [1.165, 1.54) is 31.0 Å². The van der Waals surface area contributed by atoms with Crippen molar-refractivity contribution in [2.75, 3.05) is 5.75 Å². The maximum absolute atomic E-state index is 12.3. The van der Waals surface area contributed by atoms with E-state index in [1.54, 1.807) is 0 Å². The molecule has 1 saturated carbocycles. The van der Waals surface area contributed by atoms with Gasteiger partial charge in [0, 0.05) is 13.1 Å². The first kappa shape index (κ1) is 21.4. The van der Waals surface area contributed by atoms with Crippen molar-refractivity contribution in [3.8, 4) is 0 Å². The van der Waals surface area contributed by atoms with Crippen molar-refractivity contribution in [1.29, 1.82) is 0 Å². The topological polar surface area (TPSA) is 88.9 Å². The third-order valence-electron chi connectivity index (χ3n) is 5.37. The van der Waals surface area contributed by atoms with Crippen LogP contribution in [0.25, 0.3) is 0 Å². The van der Waals surface area contributed by atoms with E-state index in [1.807, 2.05) is 41.9 Å². The first-order chi connectivity index (χ1) is 14.0. The van der Waals surface area contributed by atoms with Crippen LogP contribution >= 0.6 is 11.8 Å². The van der Waals surface area contributed by atoms with Crippen LogP contribution in [0, 0.1) is 5.92 Å². The summed E-state index contributed by atoms with van der Waals surface area (Å²) in [6.45, 7) is 2.51. The molecule has 2 amide bonds. The standard InChI is InChI=1S/C21H29N5O2S/c1-15-8-6-7-11-17(15)23-20(28)14-29-21-25-24-18(26(21)2)13-22-19(27)12-16-9-4-3-5-10-16/h3-5,9-10,15,17H,6-8,11-14H2,1-2H3,(H,22,27)(H,23,28)/t15-,17-/m0/s1. The summed E-state index contributed by atoms with van der Waals surface area (Å²) in [6, 6.07) is 9.90. The molecular weight excluding hydrogens is 386 g/mol. The molecule has 1 aromatic carbocycles. The molecule has 156 valence electrons. The van der Waals surface area contributed by atoms with Gasteiger partial charge in [-0.15, -0.1) is 10.2 Å². The van der Waals surface area contributed by atoms with E-state index < -0.39 is 0 Å². The van der Waals surface area contributed by atoms with Gasteiger partial charge in [0.05, 0.1) is 18.7 Å². The van der Waals surface area contributed by atoms with Crippen molar-refractivity contribution in [3.63, 3.8) is 0 Å². The second-order valence-corrected chi connectivity index (χ2v) is 8.56. The summed E-state index contributed by atoms with van der Waals surface area (Å²) in [4.78, 5) is 24.4. The number of amides is 2. The minimum Gasteiger partial charge on any atom is -0.352 e. The molecule has 1 fully saturated rings. The Morgan fingerprint density at radius 3 is 2.66 bits per heavy atom. The normalized spacial score (nSPS) is 19.0. The van der Waals surface area contributed by atoms with E-state index >= 15 is 0 Å². The lowest BCUT2D eigenvalue weighted by atomic mass is 9.86. The Kier molecular flexibility index (Phi) is 7.69. The highest BCUT2D eigenvalue weighted by atomic mass is 32.2. The van der Waals surface area contributed by atoms with Crippen molar-refractivity contribution < 1.29 is 9.59 Å². The van der Waals surface area contributed by atoms with E-state index in [0.29, 0.717) is 35.6 Å². The molecule has 7 nitrogen and oxygen atoms in total. The highest BCUT2D eigenvalue weighted by Gasteiger charge is 2.23. The molecule has 0 unspecified atom stereocenters. The number of nitrogens with zero attached hydrogens (tertiary/aromatic N) is 3. The monoisotopic (exact) mass is 415 g/mol. The summed E-state index contributed by atoms with van der Waals surface area (Å²) in [5.74, 6) is 1.49. The molecule has 0 radical (unpaired) electrons. The Morgan fingerprint density at radius 1 is 1.14 bits per heavy atom. The smallest absolute Gasteiger partial charge is 0.230 e.